The highest BCUT2D eigenvalue weighted by molar-refractivity contribution is 5.97. The van der Waals surface area contributed by atoms with Crippen molar-refractivity contribution >= 4 is 11.8 Å². The van der Waals surface area contributed by atoms with Crippen LogP contribution in [0.5, 0.6) is 0 Å². The molecule has 5 rings (SSSR count). The van der Waals surface area contributed by atoms with Gasteiger partial charge in [0.1, 0.15) is 0 Å². The van der Waals surface area contributed by atoms with Crippen molar-refractivity contribution in [2.75, 3.05) is 0 Å². The van der Waals surface area contributed by atoms with Crippen molar-refractivity contribution in [2.45, 2.75) is 44.5 Å². The van der Waals surface area contributed by atoms with Crippen LogP contribution >= 0.6 is 0 Å². The minimum absolute atomic E-state index is 0.0422. The number of fused-ring (bicyclic) bond motifs is 3. The van der Waals surface area contributed by atoms with Crippen LogP contribution in [0.25, 0.3) is 0 Å². The molecule has 0 aromatic heterocycles. The molecule has 25 heavy (non-hydrogen) atoms. The lowest BCUT2D eigenvalue weighted by Crippen LogP contribution is -2.37. The lowest BCUT2D eigenvalue weighted by atomic mass is 9.97. The summed E-state index contributed by atoms with van der Waals surface area (Å²) in [5.74, 6) is 0.0990. The molecule has 1 N–H and O–H groups in total. The number of hydrogen-bond acceptors (Lipinski definition) is 3. The largest absolute Gasteiger partial charge is 0.474 e. The van der Waals surface area contributed by atoms with E-state index in [9.17, 15) is 9.59 Å². The molecule has 0 spiro atoms. The average Bonchev–Trinajstić information content (AvgIpc) is 3.22. The monoisotopic (exact) mass is 336 g/mol. The van der Waals surface area contributed by atoms with E-state index in [1.54, 1.807) is 11.2 Å². The molecule has 0 radical (unpaired) electrons. The van der Waals surface area contributed by atoms with Crippen LogP contribution in [-0.2, 0) is 20.7 Å². The molecule has 2 fully saturated rings. The van der Waals surface area contributed by atoms with Gasteiger partial charge in [-0.2, -0.15) is 0 Å². The van der Waals surface area contributed by atoms with Crippen molar-refractivity contribution in [1.29, 1.82) is 0 Å². The fourth-order valence-corrected chi connectivity index (χ4v) is 4.26. The Labute approximate surface area is 146 Å². The molecule has 2 aliphatic carbocycles. The Hall–Kier alpha value is -2.56. The lowest BCUT2D eigenvalue weighted by Gasteiger charge is -2.24. The highest BCUT2D eigenvalue weighted by Gasteiger charge is 2.45. The van der Waals surface area contributed by atoms with E-state index in [1.807, 2.05) is 25.1 Å². The van der Waals surface area contributed by atoms with Crippen molar-refractivity contribution in [3.05, 3.63) is 58.9 Å². The highest BCUT2D eigenvalue weighted by Crippen LogP contribution is 2.44. The predicted molar refractivity (Wildman–Crippen MR) is 91.1 cm³/mol. The molecule has 1 saturated heterocycles. The van der Waals surface area contributed by atoms with E-state index in [0.29, 0.717) is 5.57 Å². The van der Waals surface area contributed by atoms with Crippen LogP contribution in [0, 0.1) is 5.92 Å². The molecule has 3 atom stereocenters. The standard InChI is InChI=1S/C20H20N2O3/c1-11-8-17(22(20(11)24)13-6-7-13)25-10-16-15-9-12-4-2-3-5-14(12)18(15)21-19(16)23/h2-5,8,10,13,15,17-18H,6-7,9H2,1H3,(H,21,23). The van der Waals surface area contributed by atoms with Gasteiger partial charge in [0.05, 0.1) is 17.9 Å². The number of hydrogen-bond donors (Lipinski definition) is 1. The molecule has 2 aliphatic heterocycles. The average molecular weight is 336 g/mol. The summed E-state index contributed by atoms with van der Waals surface area (Å²) in [6, 6.07) is 8.57. The van der Waals surface area contributed by atoms with Gasteiger partial charge in [-0.3, -0.25) is 14.5 Å². The maximum Gasteiger partial charge on any atom is 0.252 e. The molecular weight excluding hydrogens is 316 g/mol. The first-order valence-corrected chi connectivity index (χ1v) is 8.89. The number of amides is 2. The Morgan fingerprint density at radius 2 is 2.04 bits per heavy atom. The van der Waals surface area contributed by atoms with Crippen LogP contribution in [0.1, 0.15) is 36.9 Å². The molecule has 0 bridgehead atoms. The number of carbonyl (C=O) groups excluding carboxylic acids is 2. The van der Waals surface area contributed by atoms with E-state index >= 15 is 0 Å². The smallest absolute Gasteiger partial charge is 0.252 e. The second kappa shape index (κ2) is 5.22. The van der Waals surface area contributed by atoms with Gasteiger partial charge in [-0.05, 0) is 43.4 Å². The van der Waals surface area contributed by atoms with E-state index < -0.39 is 0 Å². The van der Waals surface area contributed by atoms with Gasteiger partial charge in [0.25, 0.3) is 11.8 Å². The molecule has 5 heteroatoms. The first-order chi connectivity index (χ1) is 12.1. The summed E-state index contributed by atoms with van der Waals surface area (Å²) < 4.78 is 5.92. The summed E-state index contributed by atoms with van der Waals surface area (Å²) in [6.45, 7) is 1.82. The molecule has 2 heterocycles. The first kappa shape index (κ1) is 14.8. The van der Waals surface area contributed by atoms with E-state index in [0.717, 1.165) is 24.8 Å². The zero-order chi connectivity index (χ0) is 17.1. The normalized spacial score (nSPS) is 31.9. The Bertz CT molecular complexity index is 837. The van der Waals surface area contributed by atoms with Crippen molar-refractivity contribution < 1.29 is 14.3 Å². The molecule has 5 nitrogen and oxygen atoms in total. The third-order valence-corrected chi connectivity index (χ3v) is 5.69. The SMILES string of the molecule is CC1=CC(OC=C2C(=O)NC3c4ccccc4CC23)N(C2CC2)C1=O. The fourth-order valence-electron chi connectivity index (χ4n) is 4.26. The summed E-state index contributed by atoms with van der Waals surface area (Å²) in [7, 11) is 0. The van der Waals surface area contributed by atoms with E-state index in [2.05, 4.69) is 17.4 Å². The Morgan fingerprint density at radius 1 is 1.24 bits per heavy atom. The maximum atomic E-state index is 12.4. The van der Waals surface area contributed by atoms with Crippen LogP contribution in [0.2, 0.25) is 0 Å². The number of rotatable bonds is 3. The number of ether oxygens (including phenoxy) is 1. The Balaban J connectivity index is 1.39. The van der Waals surface area contributed by atoms with Gasteiger partial charge in [-0.15, -0.1) is 0 Å². The third kappa shape index (κ3) is 2.22. The second-order valence-corrected chi connectivity index (χ2v) is 7.35. The number of benzene rings is 1. The van der Waals surface area contributed by atoms with Gasteiger partial charge in [-0.25, -0.2) is 0 Å². The quantitative estimate of drug-likeness (QED) is 0.680. The Morgan fingerprint density at radius 3 is 2.84 bits per heavy atom. The van der Waals surface area contributed by atoms with E-state index in [4.69, 9.17) is 4.74 Å². The summed E-state index contributed by atoms with van der Waals surface area (Å²) >= 11 is 0. The molecule has 3 unspecified atom stereocenters. The van der Waals surface area contributed by atoms with Crippen LogP contribution in [-0.4, -0.2) is 29.0 Å². The zero-order valence-corrected chi connectivity index (χ0v) is 14.1. The molecular formula is C20H20N2O3. The van der Waals surface area contributed by atoms with Gasteiger partial charge in [-0.1, -0.05) is 24.3 Å². The summed E-state index contributed by atoms with van der Waals surface area (Å²) in [4.78, 5) is 26.5. The summed E-state index contributed by atoms with van der Waals surface area (Å²) in [6.07, 6.45) is 5.97. The fraction of sp³-hybridized carbons (Fsp3) is 0.400. The van der Waals surface area contributed by atoms with Crippen LogP contribution < -0.4 is 5.32 Å². The highest BCUT2D eigenvalue weighted by atomic mass is 16.5. The number of nitrogens with zero attached hydrogens (tertiary/aromatic N) is 1. The van der Waals surface area contributed by atoms with Crippen molar-refractivity contribution in [1.82, 2.24) is 10.2 Å². The number of nitrogens with one attached hydrogen (secondary N) is 1. The summed E-state index contributed by atoms with van der Waals surface area (Å²) in [5.41, 5.74) is 3.89. The first-order valence-electron chi connectivity index (χ1n) is 8.89. The molecule has 4 aliphatic rings. The molecule has 1 saturated carbocycles. The van der Waals surface area contributed by atoms with Crippen LogP contribution in [0.3, 0.4) is 0 Å². The van der Waals surface area contributed by atoms with Crippen molar-refractivity contribution in [2.24, 2.45) is 5.92 Å². The summed E-state index contributed by atoms with van der Waals surface area (Å²) in [5, 5.41) is 3.08. The molecule has 1 aromatic rings. The number of carbonyl (C=O) groups is 2. The predicted octanol–water partition coefficient (Wildman–Crippen LogP) is 2.21. The van der Waals surface area contributed by atoms with Gasteiger partial charge in [0.2, 0.25) is 0 Å². The molecule has 128 valence electrons. The van der Waals surface area contributed by atoms with E-state index in [-0.39, 0.29) is 36.0 Å². The minimum Gasteiger partial charge on any atom is -0.474 e. The van der Waals surface area contributed by atoms with Crippen LogP contribution in [0.4, 0.5) is 0 Å². The van der Waals surface area contributed by atoms with Crippen molar-refractivity contribution in [3.63, 3.8) is 0 Å². The van der Waals surface area contributed by atoms with Crippen LogP contribution in [0.15, 0.2) is 47.7 Å². The second-order valence-electron chi connectivity index (χ2n) is 7.35. The maximum absolute atomic E-state index is 12.4. The molecule has 2 amide bonds. The topological polar surface area (TPSA) is 58.6 Å². The van der Waals surface area contributed by atoms with Gasteiger partial charge >= 0.3 is 0 Å². The van der Waals surface area contributed by atoms with Gasteiger partial charge in [0, 0.05) is 17.5 Å². The third-order valence-electron chi connectivity index (χ3n) is 5.69. The minimum atomic E-state index is -0.386. The zero-order valence-electron chi connectivity index (χ0n) is 14.1. The van der Waals surface area contributed by atoms with Gasteiger partial charge in [0.15, 0.2) is 6.23 Å². The molecule has 1 aromatic carbocycles. The van der Waals surface area contributed by atoms with E-state index in [1.165, 1.54) is 11.1 Å². The lowest BCUT2D eigenvalue weighted by molar-refractivity contribution is -0.132. The van der Waals surface area contributed by atoms with Crippen molar-refractivity contribution in [3.8, 4) is 0 Å². The van der Waals surface area contributed by atoms with Gasteiger partial charge < -0.3 is 10.1 Å². The Kier molecular flexibility index (Phi) is 3.08.